The van der Waals surface area contributed by atoms with E-state index in [4.69, 9.17) is 5.73 Å². The van der Waals surface area contributed by atoms with Crippen LogP contribution in [0.3, 0.4) is 0 Å². The van der Waals surface area contributed by atoms with Crippen LogP contribution in [0.15, 0.2) is 30.3 Å². The molecule has 86 valence electrons. The van der Waals surface area contributed by atoms with Crippen LogP contribution in [-0.4, -0.2) is 16.9 Å². The fourth-order valence-corrected chi connectivity index (χ4v) is 1.10. The number of hydrogen-bond donors (Lipinski definition) is 0. The molecule has 1 amide bonds. The summed E-state index contributed by atoms with van der Waals surface area (Å²) >= 11 is 0. The number of amides is 1. The quantitative estimate of drug-likeness (QED) is 0.767. The first-order valence-corrected chi connectivity index (χ1v) is 4.07. The molecule has 0 saturated carbocycles. The summed E-state index contributed by atoms with van der Waals surface area (Å²) in [4.78, 5) is 10.3. The Kier molecular flexibility index (Phi) is 25.3. The maximum Gasteiger partial charge on any atom is 0.0487 e. The number of carbonyl (C=O) groups is 1. The van der Waals surface area contributed by atoms with E-state index in [0.717, 1.165) is 12.8 Å². The summed E-state index contributed by atoms with van der Waals surface area (Å²) in [6, 6.07) is 10.0. The van der Waals surface area contributed by atoms with E-state index in [0.29, 0.717) is 6.42 Å². The summed E-state index contributed by atoms with van der Waals surface area (Å²) < 4.78 is 0. The predicted molar refractivity (Wildman–Crippen MR) is 55.9 cm³/mol. The third-order valence-electron chi connectivity index (χ3n) is 1.71. The van der Waals surface area contributed by atoms with Gasteiger partial charge in [0.25, 0.3) is 0 Å². The van der Waals surface area contributed by atoms with Crippen LogP contribution in [0.1, 0.15) is 18.4 Å². The van der Waals surface area contributed by atoms with Crippen LogP contribution in [0.5, 0.6) is 0 Å². The van der Waals surface area contributed by atoms with Crippen LogP contribution >= 0.6 is 0 Å². The molecule has 1 rings (SSSR count). The van der Waals surface area contributed by atoms with E-state index in [1.807, 2.05) is 30.3 Å². The van der Waals surface area contributed by atoms with Gasteiger partial charge in [0.05, 0.1) is 0 Å². The van der Waals surface area contributed by atoms with Crippen LogP contribution in [0, 0.1) is 0 Å². The minimum absolute atomic E-state index is 0. The number of carbonyl (C=O) groups excluding carboxylic acids is 1. The fraction of sp³-hybridized carbons (Fsp3) is 0.300. The second-order valence-electron chi connectivity index (χ2n) is 2.76. The topological polar surface area (TPSA) is 104 Å². The number of benzene rings is 1. The maximum atomic E-state index is 10.3. The van der Waals surface area contributed by atoms with E-state index in [2.05, 4.69) is 0 Å². The maximum absolute atomic E-state index is 10.3. The van der Waals surface area contributed by atoms with Crippen molar-refractivity contribution in [3.63, 3.8) is 0 Å². The SMILES string of the molecule is O.O.[NH-]C(=O)CCCc1ccccc1.[Y].[Y]. The third kappa shape index (κ3) is 12.9. The van der Waals surface area contributed by atoms with Gasteiger partial charge in [-0.2, -0.15) is 0 Å². The van der Waals surface area contributed by atoms with Gasteiger partial charge in [-0.05, 0) is 24.8 Å². The molecule has 0 aliphatic carbocycles. The third-order valence-corrected chi connectivity index (χ3v) is 1.71. The van der Waals surface area contributed by atoms with Gasteiger partial charge >= 0.3 is 0 Å². The van der Waals surface area contributed by atoms with Crippen LogP contribution in [0.4, 0.5) is 0 Å². The van der Waals surface area contributed by atoms with Gasteiger partial charge in [-0.1, -0.05) is 30.3 Å². The van der Waals surface area contributed by atoms with E-state index >= 15 is 0 Å². The van der Waals surface area contributed by atoms with Crippen molar-refractivity contribution in [2.75, 3.05) is 0 Å². The molecule has 0 unspecified atom stereocenters. The summed E-state index contributed by atoms with van der Waals surface area (Å²) in [6.45, 7) is 0. The molecule has 6 heteroatoms. The number of nitrogens with one attached hydrogen (secondary N) is 1. The van der Waals surface area contributed by atoms with Crippen molar-refractivity contribution in [2.24, 2.45) is 0 Å². The molecule has 0 spiro atoms. The minimum atomic E-state index is -0.467. The predicted octanol–water partition coefficient (Wildman–Crippen LogP) is 0.934. The Hall–Kier alpha value is 0.818. The van der Waals surface area contributed by atoms with Crippen molar-refractivity contribution < 1.29 is 81.2 Å². The molecule has 2 radical (unpaired) electrons. The molecule has 16 heavy (non-hydrogen) atoms. The first kappa shape index (κ1) is 25.6. The Balaban J connectivity index is -0.000000180. The molecule has 0 aliphatic heterocycles. The van der Waals surface area contributed by atoms with E-state index in [-0.39, 0.29) is 76.4 Å². The van der Waals surface area contributed by atoms with Gasteiger partial charge in [-0.15, -0.1) is 0 Å². The van der Waals surface area contributed by atoms with E-state index in [1.165, 1.54) is 5.56 Å². The van der Waals surface area contributed by atoms with Gasteiger partial charge in [0.2, 0.25) is 0 Å². The Morgan fingerprint density at radius 3 is 2.00 bits per heavy atom. The number of rotatable bonds is 4. The van der Waals surface area contributed by atoms with Gasteiger partial charge in [0, 0.05) is 71.3 Å². The first-order valence-electron chi connectivity index (χ1n) is 4.07. The molecule has 1 aromatic rings. The van der Waals surface area contributed by atoms with Crippen molar-refractivity contribution >= 4 is 5.91 Å². The van der Waals surface area contributed by atoms with E-state index in [9.17, 15) is 4.79 Å². The fourth-order valence-electron chi connectivity index (χ4n) is 1.10. The molecule has 0 saturated heterocycles. The molecule has 0 fully saturated rings. The second kappa shape index (κ2) is 15.8. The summed E-state index contributed by atoms with van der Waals surface area (Å²) in [5.41, 5.74) is 7.94. The molecule has 4 nitrogen and oxygen atoms in total. The Labute approximate surface area is 146 Å². The zero-order valence-electron chi connectivity index (χ0n) is 9.07. The van der Waals surface area contributed by atoms with Gasteiger partial charge in [0.15, 0.2) is 0 Å². The monoisotopic (exact) mass is 376 g/mol. The molecule has 5 N–H and O–H groups in total. The molecule has 0 aliphatic rings. The van der Waals surface area contributed by atoms with Crippen molar-refractivity contribution in [1.29, 1.82) is 0 Å². The Bertz CT molecular complexity index is 258. The van der Waals surface area contributed by atoms with Crippen LogP contribution < -0.4 is 0 Å². The minimum Gasteiger partial charge on any atom is -0.668 e. The van der Waals surface area contributed by atoms with Crippen molar-refractivity contribution in [3.05, 3.63) is 41.6 Å². The zero-order valence-corrected chi connectivity index (χ0v) is 14.7. The van der Waals surface area contributed by atoms with E-state index in [1.54, 1.807) is 0 Å². The molecule has 0 atom stereocenters. The summed E-state index contributed by atoms with van der Waals surface area (Å²) in [7, 11) is 0. The van der Waals surface area contributed by atoms with Gasteiger partial charge in [-0.3, -0.25) is 0 Å². The van der Waals surface area contributed by atoms with Crippen LogP contribution in [0.25, 0.3) is 5.73 Å². The van der Waals surface area contributed by atoms with Crippen LogP contribution in [0.2, 0.25) is 0 Å². The first-order chi connectivity index (χ1) is 5.79. The van der Waals surface area contributed by atoms with Crippen molar-refractivity contribution in [1.82, 2.24) is 0 Å². The molecular weight excluding hydrogens is 360 g/mol. The van der Waals surface area contributed by atoms with E-state index < -0.39 is 5.91 Å². The van der Waals surface area contributed by atoms with Gasteiger partial charge in [0.1, 0.15) is 0 Å². The molecule has 0 heterocycles. The van der Waals surface area contributed by atoms with Crippen molar-refractivity contribution in [3.8, 4) is 0 Å². The van der Waals surface area contributed by atoms with Gasteiger partial charge in [-0.25, -0.2) is 0 Å². The molecule has 0 aromatic heterocycles. The van der Waals surface area contributed by atoms with Crippen molar-refractivity contribution in [2.45, 2.75) is 19.3 Å². The Morgan fingerprint density at radius 1 is 1.06 bits per heavy atom. The van der Waals surface area contributed by atoms with Gasteiger partial charge < -0.3 is 21.5 Å². The zero-order chi connectivity index (χ0) is 8.81. The normalized spacial score (nSPS) is 7.25. The molecule has 1 aromatic carbocycles. The molecular formula is C10H16NO3Y2-. The summed E-state index contributed by atoms with van der Waals surface area (Å²) in [6.07, 6.45) is 2.05. The number of aryl methyl sites for hydroxylation is 1. The Morgan fingerprint density at radius 2 is 1.56 bits per heavy atom. The second-order valence-corrected chi connectivity index (χ2v) is 2.76. The summed E-state index contributed by atoms with van der Waals surface area (Å²) in [5.74, 6) is -0.467. The number of hydrogen-bond acceptors (Lipinski definition) is 1. The average molecular weight is 376 g/mol. The standard InChI is InChI=1S/C10H13NO.2H2O.2Y/c11-10(12)8-4-7-9-5-2-1-3-6-9;;;;/h1-3,5-6H,4,7-8H2,(H2,11,12);2*1H2;;/p-1. The average Bonchev–Trinajstić information content (AvgIpc) is 2.05. The van der Waals surface area contributed by atoms with Crippen LogP contribution in [-0.2, 0) is 76.6 Å². The smallest absolute Gasteiger partial charge is 0.0487 e. The largest absolute Gasteiger partial charge is 0.668 e. The summed E-state index contributed by atoms with van der Waals surface area (Å²) in [5, 5.41) is 0. The molecule has 0 bridgehead atoms.